The van der Waals surface area contributed by atoms with Crippen LogP contribution < -0.4 is 10.6 Å². The number of Topliss-reactive ketones (excluding diaryl/α,β-unsaturated/α-hetero) is 1. The van der Waals surface area contributed by atoms with Gasteiger partial charge in [0.15, 0.2) is 5.78 Å². The zero-order chi connectivity index (χ0) is 22.1. The number of hydrogen-bond acceptors (Lipinski definition) is 5. The molecule has 0 unspecified atom stereocenters. The first-order valence-corrected chi connectivity index (χ1v) is 11.5. The molecular formula is C26H23N3O2S. The number of hydrogen-bond donors (Lipinski definition) is 2. The lowest BCUT2D eigenvalue weighted by atomic mass is 9.73. The predicted molar refractivity (Wildman–Crippen MR) is 126 cm³/mol. The minimum absolute atomic E-state index is 0.0866. The number of ketones is 1. The molecule has 32 heavy (non-hydrogen) atoms. The standard InChI is InChI=1S/C26H23N3O2S/c1-16-23(26(31)29-19-8-3-2-4-9-19)24(17-7-5-11-27-15-17)25-20(28-16)13-18(14-21(25)30)22-10-6-12-32-22/h2-12,15,18,24,28H,13-14H2,1H3,(H,29,31)/t18-,24-/m0/s1. The molecule has 0 radical (unpaired) electrons. The SMILES string of the molecule is CC1=C(C(=O)Nc2ccccc2)[C@H](c2cccnc2)C2=C(C[C@H](c3cccs3)CC2=O)N1. The number of nitrogens with one attached hydrogen (secondary N) is 2. The third kappa shape index (κ3) is 3.78. The first-order chi connectivity index (χ1) is 15.6. The number of thiophene rings is 1. The third-order valence-electron chi connectivity index (χ3n) is 6.07. The second kappa shape index (κ2) is 8.55. The number of anilines is 1. The zero-order valence-electron chi connectivity index (χ0n) is 17.7. The van der Waals surface area contributed by atoms with E-state index in [1.54, 1.807) is 23.7 Å². The number of nitrogens with zero attached hydrogens (tertiary/aromatic N) is 1. The molecular weight excluding hydrogens is 418 g/mol. The molecule has 1 aliphatic heterocycles. The Labute approximate surface area is 190 Å². The van der Waals surface area contributed by atoms with Crippen molar-refractivity contribution in [3.63, 3.8) is 0 Å². The normalized spacial score (nSPS) is 20.6. The minimum atomic E-state index is -0.444. The largest absolute Gasteiger partial charge is 0.362 e. The second-order valence-electron chi connectivity index (χ2n) is 8.14. The molecule has 3 aromatic rings. The molecule has 0 saturated heterocycles. The monoisotopic (exact) mass is 441 g/mol. The Morgan fingerprint density at radius 1 is 1.09 bits per heavy atom. The summed E-state index contributed by atoms with van der Waals surface area (Å²) in [7, 11) is 0. The van der Waals surface area contributed by atoms with Crippen LogP contribution in [-0.4, -0.2) is 16.7 Å². The maximum Gasteiger partial charge on any atom is 0.254 e. The highest BCUT2D eigenvalue weighted by Gasteiger charge is 2.41. The van der Waals surface area contributed by atoms with Gasteiger partial charge in [0.05, 0.1) is 0 Å². The van der Waals surface area contributed by atoms with E-state index in [9.17, 15) is 9.59 Å². The smallest absolute Gasteiger partial charge is 0.254 e. The van der Waals surface area contributed by atoms with E-state index in [2.05, 4.69) is 21.7 Å². The summed E-state index contributed by atoms with van der Waals surface area (Å²) < 4.78 is 0. The first-order valence-electron chi connectivity index (χ1n) is 10.7. The van der Waals surface area contributed by atoms with E-state index in [1.807, 2.05) is 60.8 Å². The van der Waals surface area contributed by atoms with E-state index < -0.39 is 5.92 Å². The van der Waals surface area contributed by atoms with Gasteiger partial charge in [-0.15, -0.1) is 11.3 Å². The quantitative estimate of drug-likeness (QED) is 0.588. The average Bonchev–Trinajstić information content (AvgIpc) is 3.34. The Morgan fingerprint density at radius 3 is 2.66 bits per heavy atom. The van der Waals surface area contributed by atoms with Gasteiger partial charge >= 0.3 is 0 Å². The maximum atomic E-state index is 13.5. The third-order valence-corrected chi connectivity index (χ3v) is 7.10. The van der Waals surface area contributed by atoms with Gasteiger partial charge in [-0.1, -0.05) is 30.3 Å². The molecule has 2 N–H and O–H groups in total. The van der Waals surface area contributed by atoms with Crippen molar-refractivity contribution in [2.75, 3.05) is 5.32 Å². The highest BCUT2D eigenvalue weighted by atomic mass is 32.1. The van der Waals surface area contributed by atoms with E-state index in [-0.39, 0.29) is 17.6 Å². The molecule has 160 valence electrons. The molecule has 5 rings (SSSR count). The van der Waals surface area contributed by atoms with Crippen LogP contribution in [0.2, 0.25) is 0 Å². The van der Waals surface area contributed by atoms with Crippen molar-refractivity contribution in [3.05, 3.63) is 105 Å². The van der Waals surface area contributed by atoms with E-state index in [0.717, 1.165) is 29.1 Å². The summed E-state index contributed by atoms with van der Waals surface area (Å²) in [5.41, 5.74) is 4.50. The van der Waals surface area contributed by atoms with E-state index in [0.29, 0.717) is 17.6 Å². The van der Waals surface area contributed by atoms with Gasteiger partial charge in [-0.2, -0.15) is 0 Å². The fraction of sp³-hybridized carbons (Fsp3) is 0.192. The van der Waals surface area contributed by atoms with E-state index in [4.69, 9.17) is 0 Å². The summed E-state index contributed by atoms with van der Waals surface area (Å²) in [5.74, 6) is -0.408. The van der Waals surface area contributed by atoms with Gasteiger partial charge < -0.3 is 10.6 Å². The van der Waals surface area contributed by atoms with Crippen molar-refractivity contribution in [2.24, 2.45) is 0 Å². The second-order valence-corrected chi connectivity index (χ2v) is 9.12. The number of rotatable bonds is 4. The van der Waals surface area contributed by atoms with E-state index in [1.165, 1.54) is 4.88 Å². The van der Waals surface area contributed by atoms with Gasteiger partial charge in [0.1, 0.15) is 0 Å². The van der Waals surface area contributed by atoms with Gasteiger partial charge in [0.2, 0.25) is 0 Å². The van der Waals surface area contributed by atoms with E-state index >= 15 is 0 Å². The summed E-state index contributed by atoms with van der Waals surface area (Å²) >= 11 is 1.69. The van der Waals surface area contributed by atoms with Gasteiger partial charge in [-0.05, 0) is 48.6 Å². The number of aromatic nitrogens is 1. The van der Waals surface area contributed by atoms with Crippen LogP contribution in [0, 0.1) is 0 Å². The molecule has 1 aliphatic carbocycles. The number of amides is 1. The van der Waals surface area contributed by atoms with Gasteiger partial charge in [-0.3, -0.25) is 14.6 Å². The molecule has 1 amide bonds. The van der Waals surface area contributed by atoms with Gasteiger partial charge in [0, 0.05) is 63.8 Å². The highest BCUT2D eigenvalue weighted by molar-refractivity contribution is 7.10. The highest BCUT2D eigenvalue weighted by Crippen LogP contribution is 2.46. The lowest BCUT2D eigenvalue weighted by Gasteiger charge is -2.36. The Kier molecular flexibility index (Phi) is 5.45. The van der Waals surface area contributed by atoms with Crippen LogP contribution in [0.25, 0.3) is 0 Å². The van der Waals surface area contributed by atoms with Gasteiger partial charge in [0.25, 0.3) is 5.91 Å². The van der Waals surface area contributed by atoms with Crippen LogP contribution in [0.3, 0.4) is 0 Å². The molecule has 2 atom stereocenters. The van der Waals surface area contributed by atoms with Crippen LogP contribution in [0.4, 0.5) is 5.69 Å². The Morgan fingerprint density at radius 2 is 1.94 bits per heavy atom. The Hall–Kier alpha value is -3.51. The molecule has 6 heteroatoms. The Balaban J connectivity index is 1.56. The molecule has 0 fully saturated rings. The Bertz CT molecular complexity index is 1210. The summed E-state index contributed by atoms with van der Waals surface area (Å²) in [5, 5.41) is 8.46. The van der Waals surface area contributed by atoms with Crippen LogP contribution >= 0.6 is 11.3 Å². The maximum absolute atomic E-state index is 13.5. The summed E-state index contributed by atoms with van der Waals surface area (Å²) in [6, 6.07) is 17.3. The average molecular weight is 442 g/mol. The number of dihydropyridines is 1. The fourth-order valence-corrected chi connectivity index (χ4v) is 5.50. The molecule has 0 saturated carbocycles. The molecule has 0 spiro atoms. The zero-order valence-corrected chi connectivity index (χ0v) is 18.5. The minimum Gasteiger partial charge on any atom is -0.362 e. The molecule has 1 aromatic carbocycles. The number of benzene rings is 1. The van der Waals surface area contributed by atoms with Crippen molar-refractivity contribution in [1.82, 2.24) is 10.3 Å². The van der Waals surface area contributed by atoms with Crippen molar-refractivity contribution in [1.29, 1.82) is 0 Å². The van der Waals surface area contributed by atoms with Crippen molar-refractivity contribution in [2.45, 2.75) is 31.6 Å². The number of para-hydroxylation sites is 1. The number of pyridine rings is 1. The van der Waals surface area contributed by atoms with Crippen molar-refractivity contribution in [3.8, 4) is 0 Å². The summed E-state index contributed by atoms with van der Waals surface area (Å²) in [6.07, 6.45) is 4.66. The van der Waals surface area contributed by atoms with Crippen molar-refractivity contribution < 1.29 is 9.59 Å². The molecule has 3 heterocycles. The van der Waals surface area contributed by atoms with Crippen LogP contribution in [0.15, 0.2) is 94.9 Å². The number of carbonyl (C=O) groups excluding carboxylic acids is 2. The topological polar surface area (TPSA) is 71.1 Å². The molecule has 5 nitrogen and oxygen atoms in total. The lowest BCUT2D eigenvalue weighted by Crippen LogP contribution is -2.37. The molecule has 2 aromatic heterocycles. The van der Waals surface area contributed by atoms with Crippen LogP contribution in [-0.2, 0) is 9.59 Å². The number of carbonyl (C=O) groups is 2. The number of allylic oxidation sites excluding steroid dienone is 3. The summed E-state index contributed by atoms with van der Waals surface area (Å²) in [6.45, 7) is 1.91. The van der Waals surface area contributed by atoms with Crippen LogP contribution in [0.5, 0.6) is 0 Å². The fourth-order valence-electron chi connectivity index (χ4n) is 4.66. The molecule has 0 bridgehead atoms. The predicted octanol–water partition coefficient (Wildman–Crippen LogP) is 5.14. The first kappa shape index (κ1) is 20.4. The lowest BCUT2D eigenvalue weighted by molar-refractivity contribution is -0.116. The van der Waals surface area contributed by atoms with Gasteiger partial charge in [-0.25, -0.2) is 0 Å². The molecule has 2 aliphatic rings. The van der Waals surface area contributed by atoms with Crippen molar-refractivity contribution >= 4 is 28.7 Å². The van der Waals surface area contributed by atoms with Crippen LogP contribution in [0.1, 0.15) is 42.0 Å². The summed E-state index contributed by atoms with van der Waals surface area (Å²) in [4.78, 5) is 32.4.